The van der Waals surface area contributed by atoms with Gasteiger partial charge in [0, 0.05) is 5.56 Å². The van der Waals surface area contributed by atoms with Crippen molar-refractivity contribution in [1.82, 2.24) is 0 Å². The molecule has 0 unspecified atom stereocenters. The van der Waals surface area contributed by atoms with Crippen molar-refractivity contribution in [1.29, 1.82) is 0 Å². The molecule has 2 rings (SSSR count). The number of benzene rings is 1. The second-order valence-electron chi connectivity index (χ2n) is 3.30. The molecule has 2 N–H and O–H groups in total. The summed E-state index contributed by atoms with van der Waals surface area (Å²) in [7, 11) is 0. The second kappa shape index (κ2) is 4.52. The number of carboxylic acid groups (broad SMARTS) is 1. The van der Waals surface area contributed by atoms with E-state index in [1.54, 1.807) is 30.3 Å². The zero-order valence-corrected chi connectivity index (χ0v) is 8.70. The van der Waals surface area contributed by atoms with Gasteiger partial charge in [0.05, 0.1) is 5.56 Å². The molecular formula is C12H9NO4. The Bertz CT molecular complexity index is 571. The molecule has 2 aromatic rings. The van der Waals surface area contributed by atoms with Gasteiger partial charge in [-0.25, -0.2) is 4.79 Å². The fourth-order valence-corrected chi connectivity index (χ4v) is 1.51. The minimum absolute atomic E-state index is 0.161. The Kier molecular flexibility index (Phi) is 2.91. The number of oxime groups is 1. The van der Waals surface area contributed by atoms with Gasteiger partial charge in [-0.05, 0) is 18.2 Å². The molecule has 0 aliphatic carbocycles. The van der Waals surface area contributed by atoms with Crippen molar-refractivity contribution >= 4 is 12.2 Å². The van der Waals surface area contributed by atoms with Crippen molar-refractivity contribution in [3.8, 4) is 11.3 Å². The molecule has 0 saturated heterocycles. The van der Waals surface area contributed by atoms with Crippen molar-refractivity contribution in [3.05, 3.63) is 47.7 Å². The maximum atomic E-state index is 11.0. The Balaban J connectivity index is 2.48. The van der Waals surface area contributed by atoms with E-state index in [-0.39, 0.29) is 5.56 Å². The molecule has 5 nitrogen and oxygen atoms in total. The van der Waals surface area contributed by atoms with E-state index < -0.39 is 5.97 Å². The summed E-state index contributed by atoms with van der Waals surface area (Å²) in [5, 5.41) is 20.2. The van der Waals surface area contributed by atoms with Crippen LogP contribution in [0.25, 0.3) is 11.3 Å². The van der Waals surface area contributed by atoms with Crippen LogP contribution in [-0.4, -0.2) is 22.5 Å². The Labute approximate surface area is 96.6 Å². The number of hydrogen-bond acceptors (Lipinski definition) is 4. The molecule has 0 fully saturated rings. The standard InChI is InChI=1S/C12H9NO4/c14-12(15)10-4-2-1-3-9(10)11-6-5-8(17-11)7-13-16/h1-7,16H,(H,14,15). The van der Waals surface area contributed by atoms with Crippen LogP contribution in [0.1, 0.15) is 16.1 Å². The fourth-order valence-electron chi connectivity index (χ4n) is 1.51. The molecule has 1 aromatic carbocycles. The maximum absolute atomic E-state index is 11.0. The molecule has 17 heavy (non-hydrogen) atoms. The fraction of sp³-hybridized carbons (Fsp3) is 0. The van der Waals surface area contributed by atoms with Gasteiger partial charge >= 0.3 is 5.97 Å². The summed E-state index contributed by atoms with van der Waals surface area (Å²) in [5.74, 6) is -0.255. The summed E-state index contributed by atoms with van der Waals surface area (Å²) in [4.78, 5) is 11.0. The number of rotatable bonds is 3. The van der Waals surface area contributed by atoms with Gasteiger partial charge in [-0.1, -0.05) is 23.4 Å². The normalized spacial score (nSPS) is 10.8. The van der Waals surface area contributed by atoms with Gasteiger partial charge in [-0.15, -0.1) is 0 Å². The molecule has 0 atom stereocenters. The Morgan fingerprint density at radius 3 is 2.71 bits per heavy atom. The van der Waals surface area contributed by atoms with Gasteiger partial charge < -0.3 is 14.7 Å². The van der Waals surface area contributed by atoms with Crippen molar-refractivity contribution in [2.75, 3.05) is 0 Å². The highest BCUT2D eigenvalue weighted by Gasteiger charge is 2.13. The maximum Gasteiger partial charge on any atom is 0.336 e. The van der Waals surface area contributed by atoms with Crippen molar-refractivity contribution in [3.63, 3.8) is 0 Å². The molecule has 0 amide bonds. The average molecular weight is 231 g/mol. The topological polar surface area (TPSA) is 83.0 Å². The molecule has 0 bridgehead atoms. The number of aromatic carboxylic acids is 1. The molecule has 1 aromatic heterocycles. The predicted molar refractivity (Wildman–Crippen MR) is 60.5 cm³/mol. The summed E-state index contributed by atoms with van der Waals surface area (Å²) in [6, 6.07) is 9.74. The highest BCUT2D eigenvalue weighted by atomic mass is 16.4. The highest BCUT2D eigenvalue weighted by Crippen LogP contribution is 2.25. The molecule has 5 heteroatoms. The SMILES string of the molecule is O=C(O)c1ccccc1-c1ccc(C=NO)o1. The lowest BCUT2D eigenvalue weighted by Crippen LogP contribution is -1.98. The van der Waals surface area contributed by atoms with Crippen LogP contribution in [0.2, 0.25) is 0 Å². The van der Waals surface area contributed by atoms with Crippen LogP contribution >= 0.6 is 0 Å². The van der Waals surface area contributed by atoms with E-state index in [1.807, 2.05) is 0 Å². The summed E-state index contributed by atoms with van der Waals surface area (Å²) < 4.78 is 5.33. The second-order valence-corrected chi connectivity index (χ2v) is 3.30. The zero-order chi connectivity index (χ0) is 12.3. The molecule has 86 valence electrons. The van der Waals surface area contributed by atoms with Crippen LogP contribution in [0.5, 0.6) is 0 Å². The van der Waals surface area contributed by atoms with Gasteiger partial charge in [0.2, 0.25) is 0 Å². The van der Waals surface area contributed by atoms with E-state index in [4.69, 9.17) is 14.7 Å². The lowest BCUT2D eigenvalue weighted by atomic mass is 10.1. The zero-order valence-electron chi connectivity index (χ0n) is 8.70. The summed E-state index contributed by atoms with van der Waals surface area (Å²) >= 11 is 0. The van der Waals surface area contributed by atoms with E-state index >= 15 is 0 Å². The van der Waals surface area contributed by atoms with E-state index in [2.05, 4.69) is 5.16 Å². The smallest absolute Gasteiger partial charge is 0.336 e. The summed E-state index contributed by atoms with van der Waals surface area (Å²) in [6.07, 6.45) is 1.13. The van der Waals surface area contributed by atoms with Crippen molar-refractivity contribution < 1.29 is 19.5 Å². The first-order valence-corrected chi connectivity index (χ1v) is 4.82. The molecule has 0 saturated carbocycles. The lowest BCUT2D eigenvalue weighted by molar-refractivity contribution is 0.0697. The molecule has 0 aliphatic rings. The third kappa shape index (κ3) is 2.17. The van der Waals surface area contributed by atoms with Crippen molar-refractivity contribution in [2.24, 2.45) is 5.16 Å². The molecule has 0 aliphatic heterocycles. The van der Waals surface area contributed by atoms with E-state index in [9.17, 15) is 4.79 Å². The van der Waals surface area contributed by atoms with Crippen LogP contribution in [0.4, 0.5) is 0 Å². The van der Waals surface area contributed by atoms with E-state index in [0.29, 0.717) is 17.1 Å². The third-order valence-electron chi connectivity index (χ3n) is 2.23. The van der Waals surface area contributed by atoms with Gasteiger partial charge in [0.15, 0.2) is 0 Å². The molecular weight excluding hydrogens is 222 g/mol. The van der Waals surface area contributed by atoms with Crippen LogP contribution in [0.3, 0.4) is 0 Å². The van der Waals surface area contributed by atoms with Crippen LogP contribution in [0, 0.1) is 0 Å². The average Bonchev–Trinajstić information content (AvgIpc) is 2.78. The Morgan fingerprint density at radius 2 is 2.00 bits per heavy atom. The van der Waals surface area contributed by atoms with Crippen LogP contribution in [-0.2, 0) is 0 Å². The molecule has 0 spiro atoms. The summed E-state index contributed by atoms with van der Waals surface area (Å²) in [5.41, 5.74) is 0.645. The highest BCUT2D eigenvalue weighted by molar-refractivity contribution is 5.95. The number of carbonyl (C=O) groups is 1. The predicted octanol–water partition coefficient (Wildman–Crippen LogP) is 2.45. The van der Waals surface area contributed by atoms with Gasteiger partial charge in [0.1, 0.15) is 17.7 Å². The first-order chi connectivity index (χ1) is 8.22. The lowest BCUT2D eigenvalue weighted by Gasteiger charge is -2.01. The number of nitrogens with zero attached hydrogens (tertiary/aromatic N) is 1. The minimum atomic E-state index is -1.02. The number of carboxylic acids is 1. The summed E-state index contributed by atoms with van der Waals surface area (Å²) in [6.45, 7) is 0. The van der Waals surface area contributed by atoms with Gasteiger partial charge in [-0.2, -0.15) is 0 Å². The van der Waals surface area contributed by atoms with Gasteiger partial charge in [0.25, 0.3) is 0 Å². The van der Waals surface area contributed by atoms with Crippen LogP contribution < -0.4 is 0 Å². The Hall–Kier alpha value is -2.56. The third-order valence-corrected chi connectivity index (χ3v) is 2.23. The minimum Gasteiger partial charge on any atom is -0.478 e. The molecule has 1 heterocycles. The monoisotopic (exact) mass is 231 g/mol. The quantitative estimate of drug-likeness (QED) is 0.482. The van der Waals surface area contributed by atoms with Gasteiger partial charge in [-0.3, -0.25) is 0 Å². The van der Waals surface area contributed by atoms with Crippen LogP contribution in [0.15, 0.2) is 46.0 Å². The molecule has 0 radical (unpaired) electrons. The van der Waals surface area contributed by atoms with Crippen molar-refractivity contribution in [2.45, 2.75) is 0 Å². The Morgan fingerprint density at radius 1 is 1.24 bits per heavy atom. The number of hydrogen-bond donors (Lipinski definition) is 2. The first-order valence-electron chi connectivity index (χ1n) is 4.82. The van der Waals surface area contributed by atoms with E-state index in [1.165, 1.54) is 6.07 Å². The van der Waals surface area contributed by atoms with E-state index in [0.717, 1.165) is 6.21 Å². The number of furan rings is 1. The largest absolute Gasteiger partial charge is 0.478 e. The first kappa shape index (κ1) is 10.9.